The molecule has 1 saturated carbocycles. The van der Waals surface area contributed by atoms with Gasteiger partial charge in [0.25, 0.3) is 0 Å². The Kier molecular flexibility index (Phi) is 33.7. The number of allylic oxidation sites excluding steroid dienone is 7. The number of aliphatic hydroxyl groups is 5. The molecule has 1 fully saturated rings. The van der Waals surface area contributed by atoms with Crippen LogP contribution in [0.4, 0.5) is 0 Å². The zero-order valence-corrected chi connectivity index (χ0v) is 39.9. The van der Waals surface area contributed by atoms with E-state index in [9.17, 15) is 49.1 Å². The molecule has 372 valence electrons. The molecule has 0 bridgehead atoms. The van der Waals surface area contributed by atoms with E-state index in [-0.39, 0.29) is 25.7 Å². The fourth-order valence-corrected chi connectivity index (χ4v) is 8.33. The van der Waals surface area contributed by atoms with Gasteiger partial charge in [0.2, 0.25) is 0 Å². The van der Waals surface area contributed by atoms with Crippen LogP contribution in [0.5, 0.6) is 0 Å². The first kappa shape index (κ1) is 59.9. The predicted octanol–water partition coefficient (Wildman–Crippen LogP) is 7.48. The average Bonchev–Trinajstić information content (AvgIpc) is 3.24. The highest BCUT2D eigenvalue weighted by Crippen LogP contribution is 2.49. The molecular formula is C45H80O17P2. The zero-order valence-electron chi connectivity index (χ0n) is 38.1. The van der Waals surface area contributed by atoms with E-state index in [0.29, 0.717) is 6.42 Å². The van der Waals surface area contributed by atoms with Crippen molar-refractivity contribution in [2.24, 2.45) is 0 Å². The average molecular weight is 955 g/mol. The summed E-state index contributed by atoms with van der Waals surface area (Å²) in [6, 6.07) is 0. The lowest BCUT2D eigenvalue weighted by Crippen LogP contribution is -2.64. The van der Waals surface area contributed by atoms with Crippen molar-refractivity contribution >= 4 is 27.6 Å². The summed E-state index contributed by atoms with van der Waals surface area (Å²) in [5.41, 5.74) is 0. The van der Waals surface area contributed by atoms with E-state index >= 15 is 0 Å². The molecule has 64 heavy (non-hydrogen) atoms. The van der Waals surface area contributed by atoms with Crippen molar-refractivity contribution in [1.29, 1.82) is 0 Å². The lowest BCUT2D eigenvalue weighted by Gasteiger charge is -2.43. The predicted molar refractivity (Wildman–Crippen MR) is 243 cm³/mol. The molecule has 17 nitrogen and oxygen atoms in total. The summed E-state index contributed by atoms with van der Waals surface area (Å²) in [4.78, 5) is 54.2. The minimum Gasteiger partial charge on any atom is -0.462 e. The van der Waals surface area contributed by atoms with E-state index in [1.807, 2.05) is 12.2 Å². The van der Waals surface area contributed by atoms with Gasteiger partial charge in [-0.1, -0.05) is 133 Å². The Labute approximate surface area is 380 Å². The molecular weight excluding hydrogens is 874 g/mol. The number of phosphoric ester groups is 2. The molecule has 0 aliphatic heterocycles. The second kappa shape index (κ2) is 36.0. The SMILES string of the molecule is CCCCCC/C=C\CCCCCCCC(=O)O[C@H](COC(=O)CCCC(O)/C=C/C=C/C/C=C/CCCCCCCC)COP(=O)(O)O[C@H]1C(O)C(O)C(O)[C@@H](OP(=O)(O)O)C1O. The minimum atomic E-state index is -5.38. The van der Waals surface area contributed by atoms with Gasteiger partial charge in [0, 0.05) is 12.8 Å². The van der Waals surface area contributed by atoms with E-state index in [2.05, 4.69) is 42.7 Å². The third-order valence-electron chi connectivity index (χ3n) is 10.5. The third-order valence-corrected chi connectivity index (χ3v) is 12.0. The third kappa shape index (κ3) is 30.3. The van der Waals surface area contributed by atoms with Crippen LogP contribution in [-0.4, -0.2) is 114 Å². The first-order valence-electron chi connectivity index (χ1n) is 23.3. The first-order chi connectivity index (χ1) is 30.5. The molecule has 0 radical (unpaired) electrons. The van der Waals surface area contributed by atoms with Gasteiger partial charge in [-0.3, -0.25) is 23.2 Å². The van der Waals surface area contributed by atoms with Crippen LogP contribution < -0.4 is 0 Å². The molecule has 0 amide bonds. The van der Waals surface area contributed by atoms with Gasteiger partial charge in [0.05, 0.1) is 12.7 Å². The fraction of sp³-hybridized carbons (Fsp3) is 0.778. The van der Waals surface area contributed by atoms with Crippen LogP contribution in [-0.2, 0) is 41.8 Å². The van der Waals surface area contributed by atoms with Crippen molar-refractivity contribution in [3.63, 3.8) is 0 Å². The molecule has 1 aliphatic carbocycles. The van der Waals surface area contributed by atoms with E-state index in [1.165, 1.54) is 64.2 Å². The molecule has 19 heteroatoms. The smallest absolute Gasteiger partial charge is 0.462 e. The molecule has 9 atom stereocenters. The Hall–Kier alpha value is -2.08. The number of hydrogen-bond acceptors (Lipinski definition) is 14. The van der Waals surface area contributed by atoms with Crippen LogP contribution in [0.1, 0.15) is 162 Å². The van der Waals surface area contributed by atoms with Crippen molar-refractivity contribution < 1.29 is 82.0 Å². The number of unbranched alkanes of at least 4 members (excludes halogenated alkanes) is 15. The largest absolute Gasteiger partial charge is 0.472 e. The van der Waals surface area contributed by atoms with E-state index in [1.54, 1.807) is 12.2 Å². The van der Waals surface area contributed by atoms with Gasteiger partial charge in [-0.2, -0.15) is 0 Å². The van der Waals surface area contributed by atoms with Gasteiger partial charge in [-0.25, -0.2) is 9.13 Å². The summed E-state index contributed by atoms with van der Waals surface area (Å²) in [6.07, 6.45) is 21.0. The Morgan fingerprint density at radius 3 is 1.69 bits per heavy atom. The number of aliphatic hydroxyl groups excluding tert-OH is 5. The van der Waals surface area contributed by atoms with Gasteiger partial charge in [0.1, 0.15) is 43.2 Å². The molecule has 8 N–H and O–H groups in total. The Morgan fingerprint density at radius 1 is 0.578 bits per heavy atom. The van der Waals surface area contributed by atoms with Crippen LogP contribution in [0.15, 0.2) is 48.6 Å². The summed E-state index contributed by atoms with van der Waals surface area (Å²) >= 11 is 0. The van der Waals surface area contributed by atoms with Gasteiger partial charge >= 0.3 is 27.6 Å². The molecule has 0 aromatic rings. The Morgan fingerprint density at radius 2 is 1.09 bits per heavy atom. The van der Waals surface area contributed by atoms with Crippen LogP contribution in [0.25, 0.3) is 0 Å². The number of carbonyl (C=O) groups excluding carboxylic acids is 2. The Bertz CT molecular complexity index is 1450. The molecule has 1 rings (SSSR count). The first-order valence-corrected chi connectivity index (χ1v) is 26.3. The summed E-state index contributed by atoms with van der Waals surface area (Å²) in [5.74, 6) is -1.41. The lowest BCUT2D eigenvalue weighted by atomic mass is 9.85. The molecule has 0 heterocycles. The normalized spacial score (nSPS) is 22.7. The van der Waals surface area contributed by atoms with Crippen LogP contribution >= 0.6 is 15.6 Å². The molecule has 1 aliphatic rings. The quantitative estimate of drug-likeness (QED) is 0.00979. The zero-order chi connectivity index (χ0) is 47.6. The maximum absolute atomic E-state index is 13.0. The van der Waals surface area contributed by atoms with Gasteiger partial charge in [0.15, 0.2) is 6.10 Å². The maximum atomic E-state index is 13.0. The number of carbonyl (C=O) groups is 2. The molecule has 0 saturated heterocycles. The van der Waals surface area contributed by atoms with E-state index in [4.69, 9.17) is 28.3 Å². The van der Waals surface area contributed by atoms with Crippen molar-refractivity contribution in [3.8, 4) is 0 Å². The van der Waals surface area contributed by atoms with Gasteiger partial charge in [-0.05, 0) is 64.2 Å². The standard InChI is InChI=1S/C45H80O17P2/c1-3-5-7-9-11-13-15-17-19-21-23-25-27-30-36(46)31-29-33-38(47)58-34-37(60-39(48)32-28-26-24-22-20-18-16-14-12-10-8-6-4-2)35-59-64(56,57)62-45-42(51)40(49)41(50)44(43(45)52)61-63(53,54)55/h14,16-17,19,23,25,27,30,36-37,40-46,49-52H,3-13,15,18,20-22,24,26,28-29,31-35H2,1-2H3,(H,56,57)(H2,53,54,55)/b16-14-,19-17+,25-23+,30-27+/t36?,37-,40?,41?,42?,43?,44-,45+/m1/s1. The highest BCUT2D eigenvalue weighted by molar-refractivity contribution is 7.47. The van der Waals surface area contributed by atoms with Crippen molar-refractivity contribution in [3.05, 3.63) is 48.6 Å². The number of rotatable bonds is 38. The number of phosphoric acid groups is 2. The van der Waals surface area contributed by atoms with E-state index in [0.717, 1.165) is 51.4 Å². The fourth-order valence-electron chi connectivity index (χ4n) is 6.79. The monoisotopic (exact) mass is 954 g/mol. The minimum absolute atomic E-state index is 0.00637. The van der Waals surface area contributed by atoms with Gasteiger partial charge in [-0.15, -0.1) is 0 Å². The Balaban J connectivity index is 2.69. The summed E-state index contributed by atoms with van der Waals surface area (Å²) in [5, 5.41) is 51.5. The summed E-state index contributed by atoms with van der Waals surface area (Å²) in [6.45, 7) is 2.90. The van der Waals surface area contributed by atoms with Crippen LogP contribution in [0.2, 0.25) is 0 Å². The van der Waals surface area contributed by atoms with Crippen LogP contribution in [0.3, 0.4) is 0 Å². The molecule has 0 aromatic carbocycles. The number of ether oxygens (including phenoxy) is 2. The topological polar surface area (TPSA) is 276 Å². The molecule has 0 aromatic heterocycles. The van der Waals surface area contributed by atoms with Crippen molar-refractivity contribution in [2.75, 3.05) is 13.2 Å². The number of esters is 2. The highest BCUT2D eigenvalue weighted by Gasteiger charge is 2.54. The lowest BCUT2D eigenvalue weighted by molar-refractivity contribution is -0.216. The highest BCUT2D eigenvalue weighted by atomic mass is 31.2. The number of hydrogen-bond donors (Lipinski definition) is 8. The summed E-state index contributed by atoms with van der Waals surface area (Å²) in [7, 11) is -10.7. The molecule has 0 spiro atoms. The van der Waals surface area contributed by atoms with Crippen molar-refractivity contribution in [2.45, 2.75) is 210 Å². The second-order valence-electron chi connectivity index (χ2n) is 16.3. The van der Waals surface area contributed by atoms with E-state index < -0.39 is 89.6 Å². The second-order valence-corrected chi connectivity index (χ2v) is 18.9. The van der Waals surface area contributed by atoms with Gasteiger partial charge < -0.3 is 49.7 Å². The van der Waals surface area contributed by atoms with Crippen LogP contribution in [0, 0.1) is 0 Å². The maximum Gasteiger partial charge on any atom is 0.472 e. The van der Waals surface area contributed by atoms with Crippen molar-refractivity contribution in [1.82, 2.24) is 0 Å². The summed E-state index contributed by atoms with van der Waals surface area (Å²) < 4.78 is 49.2. The molecule has 6 unspecified atom stereocenters.